The van der Waals surface area contributed by atoms with E-state index < -0.39 is 11.9 Å². The first-order valence-electron chi connectivity index (χ1n) is 5.56. The summed E-state index contributed by atoms with van der Waals surface area (Å²) in [5.41, 5.74) is 6.08. The number of carbonyl (C=O) groups is 1. The molecule has 0 spiro atoms. The van der Waals surface area contributed by atoms with Crippen molar-refractivity contribution in [1.82, 2.24) is 0 Å². The monoisotopic (exact) mass is 258 g/mol. The number of halogens is 2. The minimum absolute atomic E-state index is 0.168. The lowest BCUT2D eigenvalue weighted by atomic mass is 10.1. The molecule has 0 aliphatic heterocycles. The predicted molar refractivity (Wildman–Crippen MR) is 67.5 cm³/mol. The fraction of sp³-hybridized carbons (Fsp3) is 0.417. The first-order valence-corrected chi connectivity index (χ1v) is 5.94. The Morgan fingerprint density at radius 2 is 2.29 bits per heavy atom. The van der Waals surface area contributed by atoms with Crippen molar-refractivity contribution in [2.24, 2.45) is 5.73 Å². The van der Waals surface area contributed by atoms with Gasteiger partial charge in [0.05, 0.1) is 16.8 Å². The van der Waals surface area contributed by atoms with E-state index in [0.29, 0.717) is 12.1 Å². The summed E-state index contributed by atoms with van der Waals surface area (Å²) in [5.74, 6) is -0.741. The second-order valence-corrected chi connectivity index (χ2v) is 4.27. The molecule has 5 heteroatoms. The van der Waals surface area contributed by atoms with E-state index in [-0.39, 0.29) is 10.9 Å². The van der Waals surface area contributed by atoms with E-state index in [1.165, 1.54) is 12.1 Å². The van der Waals surface area contributed by atoms with Crippen molar-refractivity contribution < 1.29 is 9.18 Å². The highest BCUT2D eigenvalue weighted by molar-refractivity contribution is 6.33. The van der Waals surface area contributed by atoms with Gasteiger partial charge in [0, 0.05) is 0 Å². The Morgan fingerprint density at radius 3 is 2.88 bits per heavy atom. The molecule has 1 aromatic rings. The molecule has 3 N–H and O–H groups in total. The van der Waals surface area contributed by atoms with Gasteiger partial charge in [-0.15, -0.1) is 0 Å². The van der Waals surface area contributed by atoms with E-state index in [1.807, 2.05) is 6.92 Å². The zero-order valence-electron chi connectivity index (χ0n) is 9.67. The molecule has 0 aliphatic rings. The maximum Gasteiger partial charge on any atom is 0.241 e. The first kappa shape index (κ1) is 13.9. The summed E-state index contributed by atoms with van der Waals surface area (Å²) >= 11 is 5.79. The number of nitrogens with one attached hydrogen (secondary N) is 1. The van der Waals surface area contributed by atoms with Crippen LogP contribution in [-0.2, 0) is 4.79 Å². The van der Waals surface area contributed by atoms with Crippen LogP contribution in [0.5, 0.6) is 0 Å². The van der Waals surface area contributed by atoms with Crippen molar-refractivity contribution in [2.75, 3.05) is 5.32 Å². The zero-order chi connectivity index (χ0) is 12.8. The number of hydrogen-bond donors (Lipinski definition) is 2. The Kier molecular flexibility index (Phi) is 5.38. The number of benzene rings is 1. The molecule has 1 amide bonds. The molecule has 1 aromatic carbocycles. The maximum atomic E-state index is 12.8. The van der Waals surface area contributed by atoms with E-state index >= 15 is 0 Å². The van der Waals surface area contributed by atoms with Gasteiger partial charge in [0.15, 0.2) is 0 Å². The molecule has 94 valence electrons. The van der Waals surface area contributed by atoms with E-state index in [1.54, 1.807) is 0 Å². The summed E-state index contributed by atoms with van der Waals surface area (Å²) < 4.78 is 12.8. The Morgan fingerprint density at radius 1 is 1.59 bits per heavy atom. The molecule has 1 rings (SSSR count). The molecule has 0 aromatic heterocycles. The molecule has 0 heterocycles. The first-order chi connectivity index (χ1) is 8.04. The van der Waals surface area contributed by atoms with Crippen LogP contribution in [0.2, 0.25) is 5.02 Å². The molecule has 1 atom stereocenters. The molecule has 17 heavy (non-hydrogen) atoms. The van der Waals surface area contributed by atoms with Crippen molar-refractivity contribution in [2.45, 2.75) is 32.2 Å². The van der Waals surface area contributed by atoms with E-state index in [2.05, 4.69) is 5.32 Å². The standard InChI is InChI=1S/C12H16ClFN2O/c1-2-3-4-10(15)12(17)16-11-6-5-8(14)7-9(11)13/h5-7,10H,2-4,15H2,1H3,(H,16,17)/t10-/m0/s1. The molecular formula is C12H16ClFN2O. The van der Waals surface area contributed by atoms with Crippen LogP contribution in [-0.4, -0.2) is 11.9 Å². The summed E-state index contributed by atoms with van der Waals surface area (Å²) in [6, 6.07) is 3.24. The van der Waals surface area contributed by atoms with E-state index in [4.69, 9.17) is 17.3 Å². The SMILES string of the molecule is CCCC[C@H](N)C(=O)Nc1ccc(F)cc1Cl. The minimum atomic E-state index is -0.559. The van der Waals surface area contributed by atoms with E-state index in [0.717, 1.165) is 18.9 Å². The fourth-order valence-electron chi connectivity index (χ4n) is 1.37. The van der Waals surface area contributed by atoms with Gasteiger partial charge >= 0.3 is 0 Å². The average Bonchev–Trinajstić information content (AvgIpc) is 2.29. The molecule has 0 bridgehead atoms. The Hall–Kier alpha value is -1.13. The number of hydrogen-bond acceptors (Lipinski definition) is 2. The number of amides is 1. The van der Waals surface area contributed by atoms with E-state index in [9.17, 15) is 9.18 Å². The second-order valence-electron chi connectivity index (χ2n) is 3.86. The lowest BCUT2D eigenvalue weighted by Crippen LogP contribution is -2.35. The number of nitrogens with two attached hydrogens (primary N) is 1. The smallest absolute Gasteiger partial charge is 0.241 e. The van der Waals surface area contributed by atoms with Crippen LogP contribution in [0.3, 0.4) is 0 Å². The number of anilines is 1. The maximum absolute atomic E-state index is 12.8. The predicted octanol–water partition coefficient (Wildman–Crippen LogP) is 2.94. The van der Waals surface area contributed by atoms with Gasteiger partial charge < -0.3 is 11.1 Å². The number of rotatable bonds is 5. The second kappa shape index (κ2) is 6.57. The molecule has 0 radical (unpaired) electrons. The highest BCUT2D eigenvalue weighted by atomic mass is 35.5. The molecule has 0 aliphatic carbocycles. The molecule has 0 saturated carbocycles. The van der Waals surface area contributed by atoms with Gasteiger partial charge in [-0.05, 0) is 24.6 Å². The third kappa shape index (κ3) is 4.32. The van der Waals surface area contributed by atoms with Crippen LogP contribution in [0, 0.1) is 5.82 Å². The number of unbranched alkanes of at least 4 members (excludes halogenated alkanes) is 1. The summed E-state index contributed by atoms with van der Waals surface area (Å²) in [7, 11) is 0. The van der Waals surface area contributed by atoms with Gasteiger partial charge in [-0.25, -0.2) is 4.39 Å². The average molecular weight is 259 g/mol. The minimum Gasteiger partial charge on any atom is -0.323 e. The Balaban J connectivity index is 2.61. The molecule has 0 saturated heterocycles. The highest BCUT2D eigenvalue weighted by Crippen LogP contribution is 2.22. The lowest BCUT2D eigenvalue weighted by molar-refractivity contribution is -0.117. The van der Waals surface area contributed by atoms with Crippen LogP contribution in [0.1, 0.15) is 26.2 Å². The summed E-state index contributed by atoms with van der Waals surface area (Å²) in [5, 5.41) is 2.75. The van der Waals surface area contributed by atoms with Crippen LogP contribution >= 0.6 is 11.6 Å². The highest BCUT2D eigenvalue weighted by Gasteiger charge is 2.14. The number of carbonyl (C=O) groups excluding carboxylic acids is 1. The molecule has 3 nitrogen and oxygen atoms in total. The van der Waals surface area contributed by atoms with Gasteiger partial charge in [0.1, 0.15) is 5.82 Å². The van der Waals surface area contributed by atoms with Crippen LogP contribution in [0.15, 0.2) is 18.2 Å². The Labute approximate surface area is 105 Å². The molecule has 0 fully saturated rings. The van der Waals surface area contributed by atoms with Crippen molar-refractivity contribution in [3.63, 3.8) is 0 Å². The zero-order valence-corrected chi connectivity index (χ0v) is 10.4. The van der Waals surface area contributed by atoms with Crippen molar-refractivity contribution in [3.8, 4) is 0 Å². The third-order valence-corrected chi connectivity index (χ3v) is 2.71. The van der Waals surface area contributed by atoms with Crippen molar-refractivity contribution >= 4 is 23.2 Å². The van der Waals surface area contributed by atoms with Gasteiger partial charge in [-0.2, -0.15) is 0 Å². The summed E-state index contributed by atoms with van der Waals surface area (Å²) in [6.45, 7) is 2.03. The fourth-order valence-corrected chi connectivity index (χ4v) is 1.59. The largest absolute Gasteiger partial charge is 0.323 e. The molecular weight excluding hydrogens is 243 g/mol. The van der Waals surface area contributed by atoms with Crippen LogP contribution < -0.4 is 11.1 Å². The van der Waals surface area contributed by atoms with Crippen LogP contribution in [0.4, 0.5) is 10.1 Å². The van der Waals surface area contributed by atoms with Crippen molar-refractivity contribution in [3.05, 3.63) is 29.0 Å². The normalized spacial score (nSPS) is 12.2. The van der Waals surface area contributed by atoms with Gasteiger partial charge in [0.2, 0.25) is 5.91 Å². The van der Waals surface area contributed by atoms with Gasteiger partial charge in [-0.3, -0.25) is 4.79 Å². The quantitative estimate of drug-likeness (QED) is 0.853. The summed E-state index contributed by atoms with van der Waals surface area (Å²) in [4.78, 5) is 11.7. The third-order valence-electron chi connectivity index (χ3n) is 2.39. The molecule has 0 unspecified atom stereocenters. The van der Waals surface area contributed by atoms with Gasteiger partial charge in [-0.1, -0.05) is 31.4 Å². The lowest BCUT2D eigenvalue weighted by Gasteiger charge is -2.12. The van der Waals surface area contributed by atoms with Gasteiger partial charge in [0.25, 0.3) is 0 Å². The summed E-state index contributed by atoms with van der Waals surface area (Å²) in [6.07, 6.45) is 2.51. The van der Waals surface area contributed by atoms with Crippen LogP contribution in [0.25, 0.3) is 0 Å². The Bertz CT molecular complexity index is 398. The topological polar surface area (TPSA) is 55.1 Å². The van der Waals surface area contributed by atoms with Crippen molar-refractivity contribution in [1.29, 1.82) is 0 Å².